The minimum atomic E-state index is -1.12. The van der Waals surface area contributed by atoms with Gasteiger partial charge in [0.25, 0.3) is 0 Å². The van der Waals surface area contributed by atoms with Crippen LogP contribution in [0.1, 0.15) is 88.5 Å². The highest BCUT2D eigenvalue weighted by Crippen LogP contribution is 2.38. The maximum atomic E-state index is 12.0. The summed E-state index contributed by atoms with van der Waals surface area (Å²) in [5.41, 5.74) is 10.7. The first-order valence-corrected chi connectivity index (χ1v) is 57.6. The second-order valence-electron chi connectivity index (χ2n) is 38.1. The van der Waals surface area contributed by atoms with E-state index in [1.807, 2.05) is 175 Å². The quantitative estimate of drug-likeness (QED) is 0.0200. The van der Waals surface area contributed by atoms with Crippen molar-refractivity contribution in [2.45, 2.75) is 208 Å². The third kappa shape index (κ3) is 34.3. The van der Waals surface area contributed by atoms with E-state index >= 15 is 0 Å². The molecule has 11 aromatic heterocycles. The predicted molar refractivity (Wildman–Crippen MR) is 552 cm³/mol. The summed E-state index contributed by atoms with van der Waals surface area (Å²) >= 11 is 11.8. The summed E-state index contributed by atoms with van der Waals surface area (Å²) in [6, 6.07) is 19.6. The standard InChI is InChI=1S/C24H32N6O2Si.C16H22N4OSi.C13H19BrN2OSi.C10H14N2O2.C9H15BN2O2.C8H10N2O.C7H5BrN2.C5H6N2.C3H5ClO.ClH/c1-6-22(31)29-16-24(17-29,15-25-2)30-14-19(13-27-30)20-7-9-26-23-21(20)8-10-28(23)18-32-11-12-33(3,4)5;1-22(2,3)9-8-21-12-20-7-5-15-14(4-6-17-16(15)20)13-10-18-19-11-13;1-18(2,3)9-8-17-10-16-7-5-11-12(14)4-6-15-13(11)16;1-10(2,3)14-9(13)12-6-8(7-12)5-11-4;1-8(2)9(3,4)14-10(13-8)7-5-11-12-6-7;1-3-8(11)10-5-7(6-10)4-9-2;8-6-2-4-10-7-5(6)1-3-9-7;1-6-2-5-3-7-4-5;1-2-3(4)5;/h7-10,13-14H,6,11-12,15-18H2,1,3-5H3;4-7,10-11H,8-9,12H2,1-3H3,(H,18,19);4-7H,8-10H2,1-3H3;5H,6-7H2,1-3H3;5-6H,1-4H3,(H,11,12);4H,3,5-6H2,1H3;1-4H,(H,9,10);2,7H,3-4H2;2H2,1H3;1H. The number of rotatable bonds is 23. The topological polar surface area (TPSA) is 320 Å². The Morgan fingerprint density at radius 3 is 1.41 bits per heavy atom. The lowest BCUT2D eigenvalue weighted by molar-refractivity contribution is -0.141. The van der Waals surface area contributed by atoms with E-state index in [1.165, 1.54) is 30.1 Å². The van der Waals surface area contributed by atoms with Gasteiger partial charge in [-0.2, -0.15) is 15.3 Å². The van der Waals surface area contributed by atoms with E-state index in [0.717, 1.165) is 131 Å². The minimum Gasteiger partial charge on any atom is -0.444 e. The number of amides is 3. The van der Waals surface area contributed by atoms with Crippen LogP contribution in [-0.2, 0) is 68.4 Å². The summed E-state index contributed by atoms with van der Waals surface area (Å²) in [7, 11) is -3.46. The Kier molecular flexibility index (Phi) is 43.0. The average molecular weight is 2070 g/mol. The Morgan fingerprint density at radius 2 is 1.00 bits per heavy atom. The molecule has 0 radical (unpaired) electrons. The number of ether oxygens (including phenoxy) is 4. The van der Waals surface area contributed by atoms with Gasteiger partial charge in [0, 0.05) is 224 Å². The summed E-state index contributed by atoms with van der Waals surface area (Å²) in [5.74, 6) is 0.291. The van der Waals surface area contributed by atoms with Gasteiger partial charge in [-0.25, -0.2) is 45.8 Å². The number of hydrogen-bond donors (Lipinski definition) is 4. The van der Waals surface area contributed by atoms with Crippen LogP contribution in [0, 0.1) is 26.3 Å². The van der Waals surface area contributed by atoms with Crippen LogP contribution in [0.4, 0.5) is 4.79 Å². The number of hydrogen-bond acceptors (Lipinski definition) is 18. The second-order valence-corrected chi connectivity index (χ2v) is 57.1. The summed E-state index contributed by atoms with van der Waals surface area (Å²) < 4.78 is 44.5. The lowest BCUT2D eigenvalue weighted by Gasteiger charge is -2.46. The molecule has 0 aromatic carbocycles. The van der Waals surface area contributed by atoms with Crippen molar-refractivity contribution in [2.75, 3.05) is 78.7 Å². The molecule has 722 valence electrons. The number of nitrogens with zero attached hydrogens (tertiary/aromatic N) is 18. The first-order chi connectivity index (χ1) is 63.5. The number of aromatic nitrogens is 14. The molecule has 135 heavy (non-hydrogen) atoms. The normalized spacial score (nSPS) is 14.7. The van der Waals surface area contributed by atoms with Gasteiger partial charge in [0.05, 0.1) is 56.4 Å². The van der Waals surface area contributed by atoms with Crippen LogP contribution in [0.3, 0.4) is 0 Å². The van der Waals surface area contributed by atoms with Gasteiger partial charge in [-0.15, -0.1) is 12.4 Å². The molecule has 0 atom stereocenters. The number of nitrogens with one attached hydrogen (secondary N) is 4. The van der Waals surface area contributed by atoms with Gasteiger partial charge in [-0.3, -0.25) is 29.3 Å². The van der Waals surface area contributed by atoms with Crippen molar-refractivity contribution < 1.29 is 47.4 Å². The number of aromatic amines is 3. The third-order valence-electron chi connectivity index (χ3n) is 21.9. The van der Waals surface area contributed by atoms with Crippen molar-refractivity contribution in [3.8, 4) is 22.3 Å². The molecule has 5 aliphatic heterocycles. The Labute approximate surface area is 824 Å². The highest BCUT2D eigenvalue weighted by Gasteiger charge is 2.52. The van der Waals surface area contributed by atoms with Crippen molar-refractivity contribution >= 4 is 160 Å². The lowest BCUT2D eigenvalue weighted by atomic mass is 9.82. The number of pyridine rings is 4. The molecular formula is C95H129BBr2Cl2N22O10Si3. The van der Waals surface area contributed by atoms with Crippen LogP contribution in [-0.4, -0.2) is 234 Å². The molecule has 0 unspecified atom stereocenters. The fourth-order valence-electron chi connectivity index (χ4n) is 13.2. The number of carbonyl (C=O) groups excluding carboxylic acids is 4. The Balaban J connectivity index is 0.000000217. The van der Waals surface area contributed by atoms with Crippen LogP contribution >= 0.6 is 55.9 Å². The van der Waals surface area contributed by atoms with E-state index in [0.29, 0.717) is 85.3 Å². The van der Waals surface area contributed by atoms with Gasteiger partial charge in [0.15, 0.2) is 24.1 Å². The Hall–Kier alpha value is -10.5. The van der Waals surface area contributed by atoms with Crippen molar-refractivity contribution in [1.82, 2.24) is 88.8 Å². The highest BCUT2D eigenvalue weighted by molar-refractivity contribution is 9.11. The fourth-order valence-corrected chi connectivity index (χ4v) is 16.3. The SMILES string of the molecule is Brc1ccnc2[nH]ccc12.CC1(C)OB(c2cn[nH]c2)OC1(C)C.CCC(=O)Cl.C[Si](C)(C)CCOCn1ccc2c(-c3cn[nH]c3)ccnc21.C[Si](C)(C)CCOCn1ccc2c(Br)ccnc21.Cl.[C-]#[N+]C=C1CN(C(=O)CC)C1.[C-]#[N+]C=C1CN(C(=O)OC(C)(C)C)C1.[C-]#[N+]C=C1CNC1.[C-]#[N+]CC1(n2cc(-c3ccnc4c3ccn4COCC[Si](C)(C)C)cn2)CN(C(=O)CC)C1. The van der Waals surface area contributed by atoms with E-state index in [1.54, 1.807) is 46.4 Å². The molecule has 16 heterocycles. The fraction of sp³-hybridized carbons (Fsp3) is 0.463. The smallest absolute Gasteiger partial charge is 0.444 e. The van der Waals surface area contributed by atoms with Gasteiger partial charge in [0.2, 0.25) is 23.6 Å². The molecule has 0 spiro atoms. The van der Waals surface area contributed by atoms with Crippen molar-refractivity contribution in [1.29, 1.82) is 0 Å². The number of H-pyrrole nitrogens is 3. The van der Waals surface area contributed by atoms with Gasteiger partial charge >= 0.3 is 13.2 Å². The highest BCUT2D eigenvalue weighted by atomic mass is 79.9. The molecule has 40 heteroatoms. The second kappa shape index (κ2) is 52.1. The average Bonchev–Trinajstić information content (AvgIpc) is 1.55. The molecule has 11 aromatic rings. The Morgan fingerprint density at radius 1 is 0.563 bits per heavy atom. The first-order valence-electron chi connectivity index (χ1n) is 44.5. The molecule has 0 saturated carbocycles. The van der Waals surface area contributed by atoms with Crippen LogP contribution < -0.4 is 10.8 Å². The first kappa shape index (κ1) is 111. The summed E-state index contributed by atoms with van der Waals surface area (Å²) in [6.45, 7) is 76.8. The zero-order valence-corrected chi connectivity index (χ0v) is 88.8. The Bertz CT molecular complexity index is 5920. The zero-order valence-electron chi connectivity index (χ0n) is 81.0. The van der Waals surface area contributed by atoms with Crippen LogP contribution in [0.15, 0.2) is 180 Å². The lowest BCUT2D eigenvalue weighted by Crippen LogP contribution is -2.65. The summed E-state index contributed by atoms with van der Waals surface area (Å²) in [5, 5.41) is 25.3. The van der Waals surface area contributed by atoms with Crippen molar-refractivity contribution in [3.05, 3.63) is 225 Å². The summed E-state index contributed by atoms with van der Waals surface area (Å²) in [6.07, 6.45) is 32.0. The van der Waals surface area contributed by atoms with Gasteiger partial charge < -0.3 is 71.8 Å². The van der Waals surface area contributed by atoms with E-state index in [2.05, 4.69) is 189 Å². The zero-order chi connectivity index (χ0) is 98.2. The van der Waals surface area contributed by atoms with Crippen molar-refractivity contribution in [3.63, 3.8) is 0 Å². The van der Waals surface area contributed by atoms with Crippen LogP contribution in [0.25, 0.3) is 85.8 Å². The van der Waals surface area contributed by atoms with E-state index in [9.17, 15) is 19.2 Å². The maximum Gasteiger partial charge on any atom is 0.498 e. The number of halogens is 4. The van der Waals surface area contributed by atoms with Gasteiger partial charge in [-0.05, 0) is 186 Å². The van der Waals surface area contributed by atoms with Gasteiger partial charge in [-0.1, -0.05) is 79.7 Å². The molecule has 4 N–H and O–H groups in total. The van der Waals surface area contributed by atoms with Crippen molar-refractivity contribution in [2.24, 2.45) is 0 Å². The van der Waals surface area contributed by atoms with E-state index < -0.39 is 35.4 Å². The molecule has 3 amide bonds. The summed E-state index contributed by atoms with van der Waals surface area (Å²) in [4.78, 5) is 82.7. The number of fused-ring (bicyclic) bond motifs is 4. The molecule has 16 rings (SSSR count). The van der Waals surface area contributed by atoms with E-state index in [-0.39, 0.29) is 53.9 Å². The molecular weight excluding hydrogens is 1930 g/mol. The van der Waals surface area contributed by atoms with E-state index in [4.69, 9.17) is 66.1 Å². The van der Waals surface area contributed by atoms with Crippen LogP contribution in [0.5, 0.6) is 0 Å². The monoisotopic (exact) mass is 2060 g/mol. The molecule has 5 saturated heterocycles. The van der Waals surface area contributed by atoms with Gasteiger partial charge in [0.1, 0.15) is 48.4 Å². The molecule has 5 aliphatic rings. The third-order valence-corrected chi connectivity index (χ3v) is 28.6. The molecule has 5 fully saturated rings. The van der Waals surface area contributed by atoms with Crippen LogP contribution in [0.2, 0.25) is 77.1 Å². The molecule has 0 aliphatic carbocycles. The number of likely N-dealkylation sites (tertiary alicyclic amines) is 3. The number of carbonyl (C=O) groups is 4. The maximum absolute atomic E-state index is 12.0. The molecule has 0 bridgehead atoms. The predicted octanol–water partition coefficient (Wildman–Crippen LogP) is 20.0. The minimum absolute atomic E-state index is 0. The molecule has 32 nitrogen and oxygen atoms in total. The largest absolute Gasteiger partial charge is 0.498 e.